The van der Waals surface area contributed by atoms with E-state index in [0.29, 0.717) is 17.8 Å². The molecule has 0 saturated carbocycles. The third kappa shape index (κ3) is 5.18. The average molecular weight is 292 g/mol. The molecule has 0 aliphatic carbocycles. The van der Waals surface area contributed by atoms with Crippen LogP contribution in [0.3, 0.4) is 0 Å². The highest BCUT2D eigenvalue weighted by molar-refractivity contribution is 5.88. The molecular formula is C14H20N4O3. The Bertz CT molecular complexity index is 564. The first-order valence-electron chi connectivity index (χ1n) is 6.63. The van der Waals surface area contributed by atoms with Gasteiger partial charge in [-0.25, -0.2) is 4.79 Å². The Morgan fingerprint density at radius 1 is 1.43 bits per heavy atom. The second kappa shape index (κ2) is 6.79. The summed E-state index contributed by atoms with van der Waals surface area (Å²) in [6.07, 6.45) is 2.06. The first-order chi connectivity index (χ1) is 9.74. The molecule has 0 bridgehead atoms. The van der Waals surface area contributed by atoms with Crippen LogP contribution in [0, 0.1) is 11.3 Å². The molecule has 21 heavy (non-hydrogen) atoms. The van der Waals surface area contributed by atoms with Crippen molar-refractivity contribution in [1.82, 2.24) is 9.88 Å². The van der Waals surface area contributed by atoms with Crippen LogP contribution in [0.2, 0.25) is 0 Å². The van der Waals surface area contributed by atoms with E-state index < -0.39 is 12.0 Å². The SMILES string of the molecule is CC(C)(C)n1cc(C#N)cc1NC(=O)NCCCC(=O)O. The molecule has 7 nitrogen and oxygen atoms in total. The van der Waals surface area contributed by atoms with E-state index in [1.54, 1.807) is 12.3 Å². The quantitative estimate of drug-likeness (QED) is 0.722. The topological polar surface area (TPSA) is 107 Å². The minimum absolute atomic E-state index is 0.0111. The van der Waals surface area contributed by atoms with Gasteiger partial charge in [-0.3, -0.25) is 10.1 Å². The Kier molecular flexibility index (Phi) is 5.36. The summed E-state index contributed by atoms with van der Waals surface area (Å²) in [5.74, 6) is -0.368. The highest BCUT2D eigenvalue weighted by Gasteiger charge is 2.19. The predicted octanol–water partition coefficient (Wildman–Crippen LogP) is 2.10. The van der Waals surface area contributed by atoms with Crippen LogP contribution in [0.5, 0.6) is 0 Å². The first kappa shape index (κ1) is 16.6. The zero-order valence-electron chi connectivity index (χ0n) is 12.4. The lowest BCUT2D eigenvalue weighted by atomic mass is 10.1. The molecule has 0 atom stereocenters. The molecule has 2 amide bonds. The van der Waals surface area contributed by atoms with Crippen LogP contribution in [0.4, 0.5) is 10.6 Å². The van der Waals surface area contributed by atoms with E-state index in [1.807, 2.05) is 31.4 Å². The summed E-state index contributed by atoms with van der Waals surface area (Å²) < 4.78 is 1.81. The number of anilines is 1. The molecule has 0 saturated heterocycles. The van der Waals surface area contributed by atoms with Gasteiger partial charge in [0.15, 0.2) is 0 Å². The molecule has 0 aromatic carbocycles. The second-order valence-corrected chi connectivity index (χ2v) is 5.64. The van der Waals surface area contributed by atoms with Gasteiger partial charge in [0.2, 0.25) is 0 Å². The van der Waals surface area contributed by atoms with E-state index in [0.717, 1.165) is 0 Å². The molecule has 3 N–H and O–H groups in total. The molecule has 114 valence electrons. The fourth-order valence-corrected chi connectivity index (χ4v) is 1.78. The highest BCUT2D eigenvalue weighted by atomic mass is 16.4. The number of carboxylic acids is 1. The molecular weight excluding hydrogens is 272 g/mol. The number of nitrogens with zero attached hydrogens (tertiary/aromatic N) is 2. The van der Waals surface area contributed by atoms with Crippen molar-refractivity contribution in [1.29, 1.82) is 5.26 Å². The van der Waals surface area contributed by atoms with Gasteiger partial charge in [0.05, 0.1) is 5.56 Å². The number of hydrogen-bond donors (Lipinski definition) is 3. The van der Waals surface area contributed by atoms with Crippen LogP contribution in [0.1, 0.15) is 39.2 Å². The van der Waals surface area contributed by atoms with Gasteiger partial charge >= 0.3 is 12.0 Å². The molecule has 1 heterocycles. The smallest absolute Gasteiger partial charge is 0.320 e. The van der Waals surface area contributed by atoms with Gasteiger partial charge in [-0.1, -0.05) is 0 Å². The van der Waals surface area contributed by atoms with Crippen LogP contribution < -0.4 is 10.6 Å². The number of carboxylic acid groups (broad SMARTS) is 1. The lowest BCUT2D eigenvalue weighted by molar-refractivity contribution is -0.137. The zero-order chi connectivity index (χ0) is 16.0. The maximum absolute atomic E-state index is 11.8. The lowest BCUT2D eigenvalue weighted by Crippen LogP contribution is -2.32. The summed E-state index contributed by atoms with van der Waals surface area (Å²) in [6, 6.07) is 3.22. The van der Waals surface area contributed by atoms with E-state index in [2.05, 4.69) is 10.6 Å². The number of carbonyl (C=O) groups is 2. The van der Waals surface area contributed by atoms with Crippen LogP contribution in [-0.4, -0.2) is 28.2 Å². The number of rotatable bonds is 5. The molecule has 0 fully saturated rings. The maximum Gasteiger partial charge on any atom is 0.320 e. The van der Waals surface area contributed by atoms with Gasteiger partial charge in [-0.15, -0.1) is 0 Å². The van der Waals surface area contributed by atoms with E-state index in [1.165, 1.54) is 0 Å². The highest BCUT2D eigenvalue weighted by Crippen LogP contribution is 2.23. The Hall–Kier alpha value is -2.49. The van der Waals surface area contributed by atoms with Crippen molar-refractivity contribution in [3.05, 3.63) is 17.8 Å². The zero-order valence-corrected chi connectivity index (χ0v) is 12.4. The predicted molar refractivity (Wildman–Crippen MR) is 78.0 cm³/mol. The van der Waals surface area contributed by atoms with Gasteiger partial charge in [-0.2, -0.15) is 5.26 Å². The number of hydrogen-bond acceptors (Lipinski definition) is 3. The van der Waals surface area contributed by atoms with Crippen LogP contribution >= 0.6 is 0 Å². The standard InChI is InChI=1S/C14H20N4O3/c1-14(2,3)18-9-10(8-15)7-11(18)17-13(21)16-6-4-5-12(19)20/h7,9H,4-6H2,1-3H3,(H,19,20)(H2,16,17,21). The van der Waals surface area contributed by atoms with E-state index in [-0.39, 0.29) is 18.5 Å². The van der Waals surface area contributed by atoms with Gasteiger partial charge < -0.3 is 15.0 Å². The van der Waals surface area contributed by atoms with Gasteiger partial charge in [0, 0.05) is 24.7 Å². The Labute approximate surface area is 123 Å². The minimum Gasteiger partial charge on any atom is -0.481 e. The van der Waals surface area contributed by atoms with Gasteiger partial charge in [0.25, 0.3) is 0 Å². The van der Waals surface area contributed by atoms with Crippen LogP contribution in [-0.2, 0) is 10.3 Å². The third-order valence-corrected chi connectivity index (χ3v) is 2.77. The fraction of sp³-hybridized carbons (Fsp3) is 0.500. The van der Waals surface area contributed by atoms with E-state index in [4.69, 9.17) is 10.4 Å². The number of aromatic nitrogens is 1. The van der Waals surface area contributed by atoms with Crippen molar-refractivity contribution < 1.29 is 14.7 Å². The Balaban J connectivity index is 2.66. The van der Waals surface area contributed by atoms with Crippen molar-refractivity contribution >= 4 is 17.8 Å². The molecule has 1 aromatic rings. The average Bonchev–Trinajstić information content (AvgIpc) is 2.77. The maximum atomic E-state index is 11.8. The second-order valence-electron chi connectivity index (χ2n) is 5.64. The molecule has 0 unspecified atom stereocenters. The Morgan fingerprint density at radius 3 is 2.62 bits per heavy atom. The normalized spacial score (nSPS) is 10.8. The summed E-state index contributed by atoms with van der Waals surface area (Å²) in [6.45, 7) is 6.16. The summed E-state index contributed by atoms with van der Waals surface area (Å²) in [4.78, 5) is 22.1. The number of urea groups is 1. The van der Waals surface area contributed by atoms with Gasteiger partial charge in [0.1, 0.15) is 11.9 Å². The molecule has 0 aliphatic heterocycles. The monoisotopic (exact) mass is 292 g/mol. The first-order valence-corrected chi connectivity index (χ1v) is 6.63. The van der Waals surface area contributed by atoms with Crippen molar-refractivity contribution in [2.45, 2.75) is 39.2 Å². The summed E-state index contributed by atoms with van der Waals surface area (Å²) in [5, 5.41) is 22.7. The summed E-state index contributed by atoms with van der Waals surface area (Å²) in [5.41, 5.74) is 0.187. The number of nitrogens with one attached hydrogen (secondary N) is 2. The number of carbonyl (C=O) groups excluding carboxylic acids is 1. The van der Waals surface area contributed by atoms with Crippen LogP contribution in [0.15, 0.2) is 12.3 Å². The number of amides is 2. The third-order valence-electron chi connectivity index (χ3n) is 2.77. The molecule has 1 rings (SSSR count). The molecule has 0 radical (unpaired) electrons. The van der Waals surface area contributed by atoms with Crippen molar-refractivity contribution in [3.8, 4) is 6.07 Å². The van der Waals surface area contributed by atoms with Crippen LogP contribution in [0.25, 0.3) is 0 Å². The number of nitriles is 1. The molecule has 0 aliphatic rings. The van der Waals surface area contributed by atoms with Crippen molar-refractivity contribution in [2.24, 2.45) is 0 Å². The molecule has 7 heteroatoms. The van der Waals surface area contributed by atoms with Gasteiger partial charge in [-0.05, 0) is 33.3 Å². The van der Waals surface area contributed by atoms with Crippen molar-refractivity contribution in [2.75, 3.05) is 11.9 Å². The summed E-state index contributed by atoms with van der Waals surface area (Å²) in [7, 11) is 0. The fourth-order valence-electron chi connectivity index (χ4n) is 1.78. The number of aliphatic carboxylic acids is 1. The van der Waals surface area contributed by atoms with Crippen molar-refractivity contribution in [3.63, 3.8) is 0 Å². The molecule has 0 spiro atoms. The minimum atomic E-state index is -0.891. The lowest BCUT2D eigenvalue weighted by Gasteiger charge is -2.24. The molecule has 1 aromatic heterocycles. The Morgan fingerprint density at radius 2 is 2.10 bits per heavy atom. The van der Waals surface area contributed by atoms with E-state index >= 15 is 0 Å². The summed E-state index contributed by atoms with van der Waals surface area (Å²) >= 11 is 0. The van der Waals surface area contributed by atoms with E-state index in [9.17, 15) is 9.59 Å². The largest absolute Gasteiger partial charge is 0.481 e.